The highest BCUT2D eigenvalue weighted by Crippen LogP contribution is 2.32. The van der Waals surface area contributed by atoms with Gasteiger partial charge in [0.15, 0.2) is 5.13 Å². The lowest BCUT2D eigenvalue weighted by Gasteiger charge is -2.13. The molecule has 0 radical (unpaired) electrons. The Morgan fingerprint density at radius 3 is 2.93 bits per heavy atom. The van der Waals surface area contributed by atoms with Crippen molar-refractivity contribution in [3.05, 3.63) is 41.7 Å². The van der Waals surface area contributed by atoms with E-state index in [2.05, 4.69) is 15.4 Å². The van der Waals surface area contributed by atoms with Gasteiger partial charge in [0.25, 0.3) is 0 Å². The predicted octanol–water partition coefficient (Wildman–Crippen LogP) is 2.49. The Kier molecular flexibility index (Phi) is 4.65. The van der Waals surface area contributed by atoms with Crippen molar-refractivity contribution in [2.45, 2.75) is 33.4 Å². The zero-order valence-electron chi connectivity index (χ0n) is 15.3. The first-order valence-electron chi connectivity index (χ1n) is 9.01. The van der Waals surface area contributed by atoms with Crippen molar-refractivity contribution < 1.29 is 9.59 Å². The van der Waals surface area contributed by atoms with Crippen LogP contribution in [0.15, 0.2) is 30.5 Å². The molecule has 2 amide bonds. The van der Waals surface area contributed by atoms with E-state index in [9.17, 15) is 9.59 Å². The number of carbonyl (C=O) groups is 2. The zero-order chi connectivity index (χ0) is 19.0. The number of rotatable bonds is 5. The topological polar surface area (TPSA) is 80.1 Å². The highest BCUT2D eigenvalue weighted by molar-refractivity contribution is 7.22. The van der Waals surface area contributed by atoms with Crippen LogP contribution in [0.25, 0.3) is 10.2 Å². The molecular weight excluding hydrogens is 362 g/mol. The third-order valence-corrected chi connectivity index (χ3v) is 5.89. The first-order valence-corrected chi connectivity index (χ1v) is 9.83. The van der Waals surface area contributed by atoms with Gasteiger partial charge in [-0.2, -0.15) is 5.10 Å². The molecule has 1 aliphatic heterocycles. The van der Waals surface area contributed by atoms with Gasteiger partial charge in [-0.1, -0.05) is 23.5 Å². The second-order valence-corrected chi connectivity index (χ2v) is 7.69. The standard InChI is InChI=1S/C19H21N5O2S/c1-3-23-10-14(12(2)22-23)9-20-18(26)13-8-17(25)24(11-13)19-21-15-6-4-5-7-16(15)27-19/h4-7,10,13H,3,8-9,11H2,1-2H3,(H,20,26). The summed E-state index contributed by atoms with van der Waals surface area (Å²) in [6.45, 7) is 5.55. The van der Waals surface area contributed by atoms with Gasteiger partial charge in [-0.05, 0) is 26.0 Å². The molecule has 7 nitrogen and oxygen atoms in total. The summed E-state index contributed by atoms with van der Waals surface area (Å²) in [5.41, 5.74) is 2.79. The molecule has 1 aliphatic rings. The van der Waals surface area contributed by atoms with Crippen molar-refractivity contribution in [3.8, 4) is 0 Å². The molecule has 27 heavy (non-hydrogen) atoms. The normalized spacial score (nSPS) is 17.0. The highest BCUT2D eigenvalue weighted by Gasteiger charge is 2.36. The van der Waals surface area contributed by atoms with E-state index in [1.54, 1.807) is 4.90 Å². The van der Waals surface area contributed by atoms with E-state index in [0.29, 0.717) is 18.2 Å². The first-order chi connectivity index (χ1) is 13.0. The van der Waals surface area contributed by atoms with Crippen LogP contribution in [0.4, 0.5) is 5.13 Å². The van der Waals surface area contributed by atoms with Crippen molar-refractivity contribution in [1.82, 2.24) is 20.1 Å². The molecule has 1 aromatic carbocycles. The minimum atomic E-state index is -0.356. The Balaban J connectivity index is 1.42. The lowest BCUT2D eigenvalue weighted by molar-refractivity contribution is -0.126. The van der Waals surface area contributed by atoms with Crippen LogP contribution in [0.2, 0.25) is 0 Å². The minimum Gasteiger partial charge on any atom is -0.352 e. The van der Waals surface area contributed by atoms with Crippen molar-refractivity contribution >= 4 is 38.5 Å². The third-order valence-electron chi connectivity index (χ3n) is 4.83. The Morgan fingerprint density at radius 1 is 1.37 bits per heavy atom. The second kappa shape index (κ2) is 7.11. The monoisotopic (exact) mass is 383 g/mol. The van der Waals surface area contributed by atoms with Crippen LogP contribution in [0, 0.1) is 12.8 Å². The minimum absolute atomic E-state index is 0.0517. The molecule has 1 atom stereocenters. The van der Waals surface area contributed by atoms with Crippen molar-refractivity contribution in [2.24, 2.45) is 5.92 Å². The largest absolute Gasteiger partial charge is 0.352 e. The summed E-state index contributed by atoms with van der Waals surface area (Å²) in [7, 11) is 0. The van der Waals surface area contributed by atoms with Gasteiger partial charge in [-0.15, -0.1) is 0 Å². The van der Waals surface area contributed by atoms with Crippen molar-refractivity contribution in [2.75, 3.05) is 11.4 Å². The van der Waals surface area contributed by atoms with E-state index < -0.39 is 0 Å². The number of nitrogens with zero attached hydrogens (tertiary/aromatic N) is 4. The summed E-state index contributed by atoms with van der Waals surface area (Å²) in [6.07, 6.45) is 2.16. The van der Waals surface area contributed by atoms with Crippen molar-refractivity contribution in [1.29, 1.82) is 0 Å². The molecule has 1 fully saturated rings. The zero-order valence-corrected chi connectivity index (χ0v) is 16.1. The number of aromatic nitrogens is 3. The van der Waals surface area contributed by atoms with Gasteiger partial charge in [0.05, 0.1) is 21.8 Å². The maximum atomic E-state index is 12.6. The van der Waals surface area contributed by atoms with Gasteiger partial charge < -0.3 is 5.32 Å². The van der Waals surface area contributed by atoms with Gasteiger partial charge in [-0.3, -0.25) is 19.2 Å². The Hall–Kier alpha value is -2.74. The van der Waals surface area contributed by atoms with E-state index in [-0.39, 0.29) is 24.2 Å². The van der Waals surface area contributed by atoms with E-state index in [1.165, 1.54) is 11.3 Å². The van der Waals surface area contributed by atoms with Gasteiger partial charge in [0, 0.05) is 37.8 Å². The van der Waals surface area contributed by atoms with Crippen LogP contribution in [-0.4, -0.2) is 33.1 Å². The van der Waals surface area contributed by atoms with Gasteiger partial charge in [-0.25, -0.2) is 4.98 Å². The number of hydrogen-bond acceptors (Lipinski definition) is 5. The molecule has 8 heteroatoms. The lowest BCUT2D eigenvalue weighted by Crippen LogP contribution is -2.32. The quantitative estimate of drug-likeness (QED) is 0.734. The molecule has 4 rings (SSSR count). The second-order valence-electron chi connectivity index (χ2n) is 6.68. The number of benzene rings is 1. The molecule has 1 unspecified atom stereocenters. The fourth-order valence-electron chi connectivity index (χ4n) is 3.26. The number of carbonyl (C=O) groups excluding carboxylic acids is 2. The molecule has 0 bridgehead atoms. The Morgan fingerprint density at radius 2 is 2.19 bits per heavy atom. The van der Waals surface area contributed by atoms with Crippen LogP contribution >= 0.6 is 11.3 Å². The van der Waals surface area contributed by atoms with E-state index in [4.69, 9.17) is 0 Å². The Bertz CT molecular complexity index is 976. The number of thiazole rings is 1. The molecule has 0 aliphatic carbocycles. The fourth-order valence-corrected chi connectivity index (χ4v) is 4.26. The van der Waals surface area contributed by atoms with E-state index in [0.717, 1.165) is 28.0 Å². The average Bonchev–Trinajstić information content (AvgIpc) is 3.35. The number of anilines is 1. The molecule has 2 aromatic heterocycles. The van der Waals surface area contributed by atoms with Crippen LogP contribution in [-0.2, 0) is 22.7 Å². The first kappa shape index (κ1) is 17.7. The molecular formula is C19H21N5O2S. The summed E-state index contributed by atoms with van der Waals surface area (Å²) < 4.78 is 2.89. The summed E-state index contributed by atoms with van der Waals surface area (Å²) in [4.78, 5) is 31.2. The van der Waals surface area contributed by atoms with Crippen molar-refractivity contribution in [3.63, 3.8) is 0 Å². The highest BCUT2D eigenvalue weighted by atomic mass is 32.1. The predicted molar refractivity (Wildman–Crippen MR) is 105 cm³/mol. The molecule has 0 saturated carbocycles. The number of fused-ring (bicyclic) bond motifs is 1. The van der Waals surface area contributed by atoms with Crippen LogP contribution < -0.4 is 10.2 Å². The number of hydrogen-bond donors (Lipinski definition) is 1. The third kappa shape index (κ3) is 3.44. The smallest absolute Gasteiger partial charge is 0.229 e. The summed E-state index contributed by atoms with van der Waals surface area (Å²) in [6, 6.07) is 7.80. The van der Waals surface area contributed by atoms with E-state index in [1.807, 2.05) is 49.0 Å². The summed E-state index contributed by atoms with van der Waals surface area (Å²) in [5, 5.41) is 8.00. The van der Waals surface area contributed by atoms with Gasteiger partial charge in [0.2, 0.25) is 11.8 Å². The molecule has 3 aromatic rings. The summed E-state index contributed by atoms with van der Waals surface area (Å²) >= 11 is 1.48. The molecule has 0 spiro atoms. The Labute approximate surface area is 161 Å². The SMILES string of the molecule is CCn1cc(CNC(=O)C2CC(=O)N(c3nc4ccccc4s3)C2)c(C)n1. The maximum absolute atomic E-state index is 12.6. The number of amides is 2. The number of aryl methyl sites for hydroxylation is 2. The number of para-hydroxylation sites is 1. The molecule has 3 heterocycles. The van der Waals surface area contributed by atoms with Crippen LogP contribution in [0.3, 0.4) is 0 Å². The lowest BCUT2D eigenvalue weighted by atomic mass is 10.1. The van der Waals surface area contributed by atoms with Crippen LogP contribution in [0.5, 0.6) is 0 Å². The fraction of sp³-hybridized carbons (Fsp3) is 0.368. The van der Waals surface area contributed by atoms with E-state index >= 15 is 0 Å². The average molecular weight is 383 g/mol. The van der Waals surface area contributed by atoms with Crippen LogP contribution in [0.1, 0.15) is 24.6 Å². The van der Waals surface area contributed by atoms with Gasteiger partial charge >= 0.3 is 0 Å². The molecule has 1 saturated heterocycles. The molecule has 1 N–H and O–H groups in total. The maximum Gasteiger partial charge on any atom is 0.229 e. The van der Waals surface area contributed by atoms with Gasteiger partial charge in [0.1, 0.15) is 0 Å². The number of nitrogens with one attached hydrogen (secondary N) is 1. The summed E-state index contributed by atoms with van der Waals surface area (Å²) in [5.74, 6) is -0.508. The molecule has 140 valence electrons.